The summed E-state index contributed by atoms with van der Waals surface area (Å²) in [5, 5.41) is 0.383. The molecule has 0 saturated heterocycles. The summed E-state index contributed by atoms with van der Waals surface area (Å²) >= 11 is 11.8. The zero-order valence-electron chi connectivity index (χ0n) is 13.2. The second-order valence-electron chi connectivity index (χ2n) is 5.45. The van der Waals surface area contributed by atoms with Gasteiger partial charge in [-0.15, -0.1) is 0 Å². The fraction of sp³-hybridized carbons (Fsp3) is 0.0625. The van der Waals surface area contributed by atoms with Crippen LogP contribution in [0, 0.1) is 6.92 Å². The van der Waals surface area contributed by atoms with Crippen LogP contribution in [0.2, 0.25) is 10.0 Å². The van der Waals surface area contributed by atoms with Gasteiger partial charge in [0.05, 0.1) is 26.0 Å². The lowest BCUT2D eigenvalue weighted by atomic mass is 10.2. The summed E-state index contributed by atoms with van der Waals surface area (Å²) in [5.41, 5.74) is -0.142. The number of nitrogens with zero attached hydrogens (tertiary/aromatic N) is 1. The second kappa shape index (κ2) is 6.71. The van der Waals surface area contributed by atoms with Gasteiger partial charge in [-0.3, -0.25) is 9.59 Å². The van der Waals surface area contributed by atoms with Crippen LogP contribution in [0.1, 0.15) is 16.1 Å². The first-order valence-electron chi connectivity index (χ1n) is 7.20. The highest BCUT2D eigenvalue weighted by Crippen LogP contribution is 2.25. The van der Waals surface area contributed by atoms with E-state index in [1.165, 1.54) is 24.3 Å². The van der Waals surface area contributed by atoms with Crippen LogP contribution in [0.15, 0.2) is 46.1 Å². The Morgan fingerprint density at radius 3 is 2.38 bits per heavy atom. The molecular formula is C16H11Cl2N3O4S. The minimum Gasteiger partial charge on any atom is -0.319 e. The number of amides is 1. The summed E-state index contributed by atoms with van der Waals surface area (Å²) in [6.45, 7) is 1.80. The molecule has 7 nitrogen and oxygen atoms in total. The first-order valence-corrected chi connectivity index (χ1v) is 9.44. The maximum absolute atomic E-state index is 12.3. The van der Waals surface area contributed by atoms with Crippen molar-refractivity contribution in [1.29, 1.82) is 0 Å². The summed E-state index contributed by atoms with van der Waals surface area (Å²) in [5.74, 6) is -1.15. The Labute approximate surface area is 158 Å². The lowest BCUT2D eigenvalue weighted by molar-refractivity contribution is 0.0975. The van der Waals surface area contributed by atoms with Crippen molar-refractivity contribution in [2.45, 2.75) is 11.8 Å². The number of hydrogen-bond acceptors (Lipinski definition) is 5. The van der Waals surface area contributed by atoms with E-state index < -0.39 is 27.2 Å². The fourth-order valence-electron chi connectivity index (χ4n) is 2.18. The molecule has 134 valence electrons. The number of fused-ring (bicyclic) bond motifs is 1. The van der Waals surface area contributed by atoms with E-state index in [2.05, 4.69) is 9.97 Å². The Kier molecular flexibility index (Phi) is 4.74. The number of sulfonamides is 1. The molecule has 10 heteroatoms. The minimum atomic E-state index is -4.15. The third-order valence-electron chi connectivity index (χ3n) is 3.51. The van der Waals surface area contributed by atoms with E-state index in [9.17, 15) is 18.0 Å². The summed E-state index contributed by atoms with van der Waals surface area (Å²) in [4.78, 5) is 30.6. The van der Waals surface area contributed by atoms with Crippen LogP contribution in [-0.2, 0) is 10.0 Å². The predicted molar refractivity (Wildman–Crippen MR) is 98.2 cm³/mol. The molecule has 0 atom stereocenters. The topological polar surface area (TPSA) is 109 Å². The number of benzene rings is 2. The predicted octanol–water partition coefficient (Wildman–Crippen LogP) is 2.66. The maximum Gasteiger partial charge on any atom is 0.289 e. The highest BCUT2D eigenvalue weighted by atomic mass is 35.5. The van der Waals surface area contributed by atoms with Crippen LogP contribution < -0.4 is 10.3 Å². The van der Waals surface area contributed by atoms with Crippen LogP contribution in [0.4, 0.5) is 0 Å². The number of aryl methyl sites for hydroxylation is 1. The van der Waals surface area contributed by atoms with Crippen molar-refractivity contribution in [2.24, 2.45) is 0 Å². The number of halogens is 2. The van der Waals surface area contributed by atoms with E-state index in [0.717, 1.165) is 5.56 Å². The van der Waals surface area contributed by atoms with Crippen molar-refractivity contribution >= 4 is 50.2 Å². The SMILES string of the molecule is Cc1ccc(S(=O)(=O)NC(=O)c2nc3cc(Cl)c(Cl)cc3[nH]c2=O)cc1. The van der Waals surface area contributed by atoms with Crippen molar-refractivity contribution in [3.63, 3.8) is 0 Å². The molecule has 0 aliphatic rings. The summed E-state index contributed by atoms with van der Waals surface area (Å²) in [7, 11) is -4.15. The zero-order chi connectivity index (χ0) is 19.1. The number of aromatic nitrogens is 2. The Morgan fingerprint density at radius 2 is 1.73 bits per heavy atom. The van der Waals surface area contributed by atoms with Gasteiger partial charge in [-0.05, 0) is 31.2 Å². The molecule has 0 unspecified atom stereocenters. The van der Waals surface area contributed by atoms with Gasteiger partial charge in [0.1, 0.15) is 0 Å². The quantitative estimate of drug-likeness (QED) is 0.688. The van der Waals surface area contributed by atoms with Gasteiger partial charge in [-0.25, -0.2) is 18.1 Å². The molecule has 0 bridgehead atoms. The van der Waals surface area contributed by atoms with Crippen LogP contribution in [0.25, 0.3) is 11.0 Å². The van der Waals surface area contributed by atoms with Gasteiger partial charge >= 0.3 is 0 Å². The lowest BCUT2D eigenvalue weighted by Crippen LogP contribution is -2.35. The van der Waals surface area contributed by atoms with Crippen LogP contribution in [0.3, 0.4) is 0 Å². The van der Waals surface area contributed by atoms with Gasteiger partial charge in [-0.2, -0.15) is 0 Å². The van der Waals surface area contributed by atoms with Gasteiger partial charge in [0.2, 0.25) is 0 Å². The Hall–Kier alpha value is -2.42. The standard InChI is InChI=1S/C16H11Cl2N3O4S/c1-8-2-4-9(5-3-8)26(24,25)21-16(23)14-15(22)20-13-7-11(18)10(17)6-12(13)19-14/h2-7H,1H3,(H,20,22)(H,21,23). The molecule has 3 aromatic rings. The summed E-state index contributed by atoms with van der Waals surface area (Å²) < 4.78 is 26.4. The van der Waals surface area contributed by atoms with Crippen molar-refractivity contribution < 1.29 is 13.2 Å². The summed E-state index contributed by atoms with van der Waals surface area (Å²) in [6.07, 6.45) is 0. The molecule has 0 radical (unpaired) electrons. The molecule has 3 rings (SSSR count). The van der Waals surface area contributed by atoms with E-state index in [0.29, 0.717) is 0 Å². The Morgan fingerprint density at radius 1 is 1.12 bits per heavy atom. The van der Waals surface area contributed by atoms with Gasteiger partial charge in [0.25, 0.3) is 21.5 Å². The van der Waals surface area contributed by atoms with Gasteiger partial charge in [0, 0.05) is 0 Å². The molecule has 0 saturated carbocycles. The van der Waals surface area contributed by atoms with E-state index in [4.69, 9.17) is 23.2 Å². The average Bonchev–Trinajstić information content (AvgIpc) is 2.56. The van der Waals surface area contributed by atoms with Crippen LogP contribution >= 0.6 is 23.2 Å². The zero-order valence-corrected chi connectivity index (χ0v) is 15.5. The number of carbonyl (C=O) groups is 1. The Bertz CT molecular complexity index is 1190. The van der Waals surface area contributed by atoms with Crippen molar-refractivity contribution in [3.05, 3.63) is 68.1 Å². The Balaban J connectivity index is 1.99. The minimum absolute atomic E-state index is 0.108. The van der Waals surface area contributed by atoms with Crippen molar-refractivity contribution in [2.75, 3.05) is 0 Å². The lowest BCUT2D eigenvalue weighted by Gasteiger charge is -2.07. The maximum atomic E-state index is 12.3. The third kappa shape index (κ3) is 3.57. The van der Waals surface area contributed by atoms with Gasteiger partial charge in [-0.1, -0.05) is 40.9 Å². The summed E-state index contributed by atoms with van der Waals surface area (Å²) in [6, 6.07) is 8.63. The van der Waals surface area contributed by atoms with Gasteiger partial charge in [0.15, 0.2) is 5.69 Å². The smallest absolute Gasteiger partial charge is 0.289 e. The normalized spacial score (nSPS) is 11.5. The second-order valence-corrected chi connectivity index (χ2v) is 7.94. The molecule has 26 heavy (non-hydrogen) atoms. The molecule has 2 N–H and O–H groups in total. The molecule has 0 spiro atoms. The molecule has 0 aliphatic heterocycles. The van der Waals surface area contributed by atoms with Crippen molar-refractivity contribution in [1.82, 2.24) is 14.7 Å². The fourth-order valence-corrected chi connectivity index (χ4v) is 3.46. The molecule has 0 fully saturated rings. The first kappa shape index (κ1) is 18.4. The van der Waals surface area contributed by atoms with E-state index in [1.807, 2.05) is 4.72 Å². The number of hydrogen-bond donors (Lipinski definition) is 2. The molecule has 2 aromatic carbocycles. The number of nitrogens with one attached hydrogen (secondary N) is 2. The third-order valence-corrected chi connectivity index (χ3v) is 5.58. The average molecular weight is 412 g/mol. The molecule has 0 aliphatic carbocycles. The van der Waals surface area contributed by atoms with Crippen LogP contribution in [0.5, 0.6) is 0 Å². The highest BCUT2D eigenvalue weighted by Gasteiger charge is 2.22. The number of carbonyl (C=O) groups excluding carboxylic acids is 1. The number of aromatic amines is 1. The highest BCUT2D eigenvalue weighted by molar-refractivity contribution is 7.90. The monoisotopic (exact) mass is 411 g/mol. The largest absolute Gasteiger partial charge is 0.319 e. The molecule has 1 amide bonds. The van der Waals surface area contributed by atoms with E-state index in [-0.39, 0.29) is 26.0 Å². The first-order chi connectivity index (χ1) is 12.2. The molecule has 1 aromatic heterocycles. The molecule has 1 heterocycles. The number of H-pyrrole nitrogens is 1. The molecular weight excluding hydrogens is 401 g/mol. The number of rotatable bonds is 3. The van der Waals surface area contributed by atoms with Crippen molar-refractivity contribution in [3.8, 4) is 0 Å². The van der Waals surface area contributed by atoms with Crippen LogP contribution in [-0.4, -0.2) is 24.3 Å². The van der Waals surface area contributed by atoms with E-state index in [1.54, 1.807) is 19.1 Å². The van der Waals surface area contributed by atoms with Gasteiger partial charge < -0.3 is 4.98 Å². The van der Waals surface area contributed by atoms with E-state index >= 15 is 0 Å².